The van der Waals surface area contributed by atoms with Crippen LogP contribution in [-0.4, -0.2) is 30.3 Å². The van der Waals surface area contributed by atoms with E-state index >= 15 is 0 Å². The van der Waals surface area contributed by atoms with Crippen LogP contribution in [0.5, 0.6) is 0 Å². The molecule has 0 aliphatic heterocycles. The van der Waals surface area contributed by atoms with E-state index in [1.54, 1.807) is 7.11 Å². The molecule has 1 heterocycles. The van der Waals surface area contributed by atoms with E-state index in [4.69, 9.17) is 9.26 Å². The molecule has 1 aromatic heterocycles. The molecule has 3 atom stereocenters. The van der Waals surface area contributed by atoms with Crippen LogP contribution in [0.25, 0.3) is 0 Å². The molecular weight excluding hydrogens is 242 g/mol. The molecule has 19 heavy (non-hydrogen) atoms. The van der Waals surface area contributed by atoms with Gasteiger partial charge in [-0.2, -0.15) is 4.98 Å². The highest BCUT2D eigenvalue weighted by molar-refractivity contribution is 5.02. The van der Waals surface area contributed by atoms with Gasteiger partial charge in [0, 0.05) is 13.2 Å². The quantitative estimate of drug-likeness (QED) is 0.824. The number of hydrogen-bond acceptors (Lipinski definition) is 5. The average Bonchev–Trinajstić information content (AvgIpc) is 2.78. The molecule has 5 heteroatoms. The Bertz CT molecular complexity index is 377. The summed E-state index contributed by atoms with van der Waals surface area (Å²) >= 11 is 0. The third kappa shape index (κ3) is 3.76. The van der Waals surface area contributed by atoms with Gasteiger partial charge in [0.25, 0.3) is 0 Å². The first-order valence-electron chi connectivity index (χ1n) is 6.95. The van der Waals surface area contributed by atoms with Crippen molar-refractivity contribution in [3.63, 3.8) is 0 Å². The molecule has 0 aliphatic carbocycles. The number of hydrogen-bond donors (Lipinski definition) is 1. The molecule has 0 spiro atoms. The Labute approximate surface area is 116 Å². The molecule has 0 saturated heterocycles. The number of aromatic nitrogens is 2. The van der Waals surface area contributed by atoms with Crippen LogP contribution in [-0.2, 0) is 4.74 Å². The maximum Gasteiger partial charge on any atom is 0.231 e. The van der Waals surface area contributed by atoms with Crippen molar-refractivity contribution >= 4 is 0 Å². The number of ether oxygens (including phenoxy) is 1. The minimum absolute atomic E-state index is 0.116. The second kappa shape index (κ2) is 7.01. The van der Waals surface area contributed by atoms with E-state index < -0.39 is 0 Å². The summed E-state index contributed by atoms with van der Waals surface area (Å²) in [5.74, 6) is 2.28. The Kier molecular flexibility index (Phi) is 5.94. The fourth-order valence-electron chi connectivity index (χ4n) is 2.43. The summed E-state index contributed by atoms with van der Waals surface area (Å²) in [7, 11) is 3.63. The molecule has 0 saturated carbocycles. The summed E-state index contributed by atoms with van der Waals surface area (Å²) in [6.07, 6.45) is -0.116. The normalized spacial score (nSPS) is 16.9. The third-order valence-corrected chi connectivity index (χ3v) is 3.57. The molecule has 1 rings (SSSR count). The van der Waals surface area contributed by atoms with Crippen LogP contribution in [0.15, 0.2) is 4.52 Å². The molecule has 3 unspecified atom stereocenters. The average molecular weight is 269 g/mol. The highest BCUT2D eigenvalue weighted by Crippen LogP contribution is 2.29. The zero-order valence-electron chi connectivity index (χ0n) is 13.1. The second-order valence-electron chi connectivity index (χ2n) is 5.74. The molecule has 1 aromatic rings. The van der Waals surface area contributed by atoms with E-state index in [2.05, 4.69) is 50.1 Å². The maximum absolute atomic E-state index is 5.46. The van der Waals surface area contributed by atoms with Crippen molar-refractivity contribution in [1.29, 1.82) is 0 Å². The molecule has 0 aromatic carbocycles. The minimum atomic E-state index is -0.116. The van der Waals surface area contributed by atoms with Crippen LogP contribution in [0.1, 0.15) is 58.4 Å². The lowest BCUT2D eigenvalue weighted by molar-refractivity contribution is 0.0555. The number of likely N-dealkylation sites (N-methyl/N-ethyl adjacent to an activating group) is 1. The minimum Gasteiger partial charge on any atom is -0.373 e. The Balaban J connectivity index is 2.99. The van der Waals surface area contributed by atoms with Gasteiger partial charge >= 0.3 is 0 Å². The topological polar surface area (TPSA) is 60.2 Å². The van der Waals surface area contributed by atoms with Crippen molar-refractivity contribution in [2.24, 2.45) is 11.8 Å². The highest BCUT2D eigenvalue weighted by atomic mass is 16.5. The lowest BCUT2D eigenvalue weighted by atomic mass is 9.89. The van der Waals surface area contributed by atoms with Gasteiger partial charge in [-0.25, -0.2) is 0 Å². The summed E-state index contributed by atoms with van der Waals surface area (Å²) in [6, 6.07) is 0.286. The summed E-state index contributed by atoms with van der Waals surface area (Å²) in [6.45, 7) is 10.6. The Morgan fingerprint density at radius 2 is 1.74 bits per heavy atom. The van der Waals surface area contributed by atoms with Crippen LogP contribution in [0, 0.1) is 11.8 Å². The molecule has 0 radical (unpaired) electrons. The van der Waals surface area contributed by atoms with Gasteiger partial charge in [0.2, 0.25) is 11.7 Å². The summed E-state index contributed by atoms with van der Waals surface area (Å²) in [5, 5.41) is 7.35. The molecule has 0 bridgehead atoms. The van der Waals surface area contributed by atoms with Crippen molar-refractivity contribution < 1.29 is 9.26 Å². The molecule has 110 valence electrons. The number of nitrogens with one attached hydrogen (secondary N) is 1. The van der Waals surface area contributed by atoms with E-state index in [1.807, 2.05) is 7.05 Å². The first kappa shape index (κ1) is 16.1. The number of nitrogens with zero attached hydrogens (tertiary/aromatic N) is 2. The predicted octanol–water partition coefficient (Wildman–Crippen LogP) is 2.76. The number of rotatable bonds is 7. The van der Waals surface area contributed by atoms with Crippen LogP contribution in [0.4, 0.5) is 0 Å². The van der Waals surface area contributed by atoms with Gasteiger partial charge in [-0.15, -0.1) is 0 Å². The largest absolute Gasteiger partial charge is 0.373 e. The highest BCUT2D eigenvalue weighted by Gasteiger charge is 2.29. The fourth-order valence-corrected chi connectivity index (χ4v) is 2.43. The molecule has 0 amide bonds. The molecular formula is C14H27N3O2. The van der Waals surface area contributed by atoms with Gasteiger partial charge in [-0.1, -0.05) is 32.9 Å². The second-order valence-corrected chi connectivity index (χ2v) is 5.74. The lowest BCUT2D eigenvalue weighted by Gasteiger charge is -2.23. The van der Waals surface area contributed by atoms with Crippen molar-refractivity contribution in [3.8, 4) is 0 Å². The zero-order valence-corrected chi connectivity index (χ0v) is 13.1. The standard InChI is InChI=1S/C14H27N3O2/c1-8(2)11(10(5)15-6)14-16-13(17-19-14)12(18-7)9(3)4/h8-12,15H,1-7H3. The van der Waals surface area contributed by atoms with Crippen LogP contribution >= 0.6 is 0 Å². The molecule has 0 aliphatic rings. The van der Waals surface area contributed by atoms with Crippen LogP contribution < -0.4 is 5.32 Å². The predicted molar refractivity (Wildman–Crippen MR) is 75.0 cm³/mol. The van der Waals surface area contributed by atoms with Gasteiger partial charge in [-0.3, -0.25) is 0 Å². The van der Waals surface area contributed by atoms with Gasteiger partial charge in [0.15, 0.2) is 0 Å². The Morgan fingerprint density at radius 3 is 2.16 bits per heavy atom. The van der Waals surface area contributed by atoms with E-state index in [0.29, 0.717) is 23.6 Å². The van der Waals surface area contributed by atoms with Crippen LogP contribution in [0.3, 0.4) is 0 Å². The smallest absolute Gasteiger partial charge is 0.231 e. The van der Waals surface area contributed by atoms with Gasteiger partial charge in [-0.05, 0) is 25.8 Å². The maximum atomic E-state index is 5.46. The summed E-state index contributed by atoms with van der Waals surface area (Å²) < 4.78 is 10.9. The van der Waals surface area contributed by atoms with E-state index in [-0.39, 0.29) is 18.1 Å². The zero-order chi connectivity index (χ0) is 14.6. The monoisotopic (exact) mass is 269 g/mol. The third-order valence-electron chi connectivity index (χ3n) is 3.57. The van der Waals surface area contributed by atoms with E-state index in [9.17, 15) is 0 Å². The fraction of sp³-hybridized carbons (Fsp3) is 0.857. The molecule has 1 N–H and O–H groups in total. The summed E-state index contributed by atoms with van der Waals surface area (Å²) in [4.78, 5) is 4.55. The Hall–Kier alpha value is -0.940. The van der Waals surface area contributed by atoms with E-state index in [1.165, 1.54) is 0 Å². The van der Waals surface area contributed by atoms with Crippen LogP contribution in [0.2, 0.25) is 0 Å². The van der Waals surface area contributed by atoms with Gasteiger partial charge in [0.1, 0.15) is 6.10 Å². The number of methoxy groups -OCH3 is 1. The van der Waals surface area contributed by atoms with Crippen molar-refractivity contribution in [1.82, 2.24) is 15.5 Å². The molecule has 0 fully saturated rings. The van der Waals surface area contributed by atoms with Crippen molar-refractivity contribution in [2.45, 2.75) is 52.7 Å². The lowest BCUT2D eigenvalue weighted by Crippen LogP contribution is -2.32. The van der Waals surface area contributed by atoms with Gasteiger partial charge < -0.3 is 14.6 Å². The van der Waals surface area contributed by atoms with Crippen molar-refractivity contribution in [2.75, 3.05) is 14.2 Å². The first-order chi connectivity index (χ1) is 8.92. The SMILES string of the molecule is CNC(C)C(c1nc(C(OC)C(C)C)no1)C(C)C. The molecule has 5 nitrogen and oxygen atoms in total. The van der Waals surface area contributed by atoms with E-state index in [0.717, 1.165) is 0 Å². The first-order valence-corrected chi connectivity index (χ1v) is 6.95. The van der Waals surface area contributed by atoms with Crippen molar-refractivity contribution in [3.05, 3.63) is 11.7 Å². The summed E-state index contributed by atoms with van der Waals surface area (Å²) in [5.41, 5.74) is 0. The Morgan fingerprint density at radius 1 is 1.11 bits per heavy atom. The van der Waals surface area contributed by atoms with Gasteiger partial charge in [0.05, 0.1) is 5.92 Å².